The van der Waals surface area contributed by atoms with Gasteiger partial charge in [-0.1, -0.05) is 87.9 Å². The molecule has 0 N–H and O–H groups in total. The van der Waals surface area contributed by atoms with Crippen molar-refractivity contribution in [2.75, 3.05) is 0 Å². The predicted octanol–water partition coefficient (Wildman–Crippen LogP) is 7.83. The standard InChI is InChI=1S/C24H28N2.C2H6/c1-6-11-19(9-4)24-25-22(20(12-7-2)13-8-3)17-23(26-24)21-15-10-14-18(5)16-21;1-2/h7-10,12-17H,2,6,11H2,1,3-5H3;1-2H3/b13-8-,19-9+,20-12+;. The molecule has 0 aliphatic heterocycles. The van der Waals surface area contributed by atoms with E-state index in [0.717, 1.165) is 41.2 Å². The van der Waals surface area contributed by atoms with E-state index in [1.165, 1.54) is 11.1 Å². The second-order valence-electron chi connectivity index (χ2n) is 6.25. The fourth-order valence-electron chi connectivity index (χ4n) is 2.88. The summed E-state index contributed by atoms with van der Waals surface area (Å²) in [6.45, 7) is 16.2. The molecule has 0 aliphatic carbocycles. The minimum Gasteiger partial charge on any atom is -0.228 e. The lowest BCUT2D eigenvalue weighted by Crippen LogP contribution is -2.01. The molecule has 0 spiro atoms. The van der Waals surface area contributed by atoms with Gasteiger partial charge in [-0.25, -0.2) is 9.97 Å². The van der Waals surface area contributed by atoms with Gasteiger partial charge in [0.15, 0.2) is 5.82 Å². The molecule has 0 unspecified atom stereocenters. The average Bonchev–Trinajstić information content (AvgIpc) is 2.73. The molecule has 2 rings (SSSR count). The van der Waals surface area contributed by atoms with Crippen molar-refractivity contribution in [1.82, 2.24) is 9.97 Å². The monoisotopic (exact) mass is 374 g/mol. The highest BCUT2D eigenvalue weighted by atomic mass is 14.9. The highest BCUT2D eigenvalue weighted by Crippen LogP contribution is 2.26. The van der Waals surface area contributed by atoms with E-state index in [1.54, 1.807) is 6.08 Å². The first-order chi connectivity index (χ1) is 13.6. The van der Waals surface area contributed by atoms with Crippen LogP contribution in [-0.4, -0.2) is 9.97 Å². The largest absolute Gasteiger partial charge is 0.228 e. The Morgan fingerprint density at radius 2 is 1.86 bits per heavy atom. The summed E-state index contributed by atoms with van der Waals surface area (Å²) in [5.41, 5.74) is 6.41. The summed E-state index contributed by atoms with van der Waals surface area (Å²) >= 11 is 0. The van der Waals surface area contributed by atoms with Gasteiger partial charge in [0.1, 0.15) is 0 Å². The van der Waals surface area contributed by atoms with Crippen molar-refractivity contribution >= 4 is 11.1 Å². The van der Waals surface area contributed by atoms with Crippen LogP contribution in [-0.2, 0) is 0 Å². The summed E-state index contributed by atoms with van der Waals surface area (Å²) < 4.78 is 0. The van der Waals surface area contributed by atoms with Crippen LogP contribution in [0.3, 0.4) is 0 Å². The van der Waals surface area contributed by atoms with E-state index >= 15 is 0 Å². The van der Waals surface area contributed by atoms with Gasteiger partial charge in [0, 0.05) is 5.56 Å². The van der Waals surface area contributed by atoms with Crippen molar-refractivity contribution in [1.29, 1.82) is 0 Å². The van der Waals surface area contributed by atoms with Crippen LogP contribution in [0.1, 0.15) is 64.5 Å². The van der Waals surface area contributed by atoms with Crippen LogP contribution in [0, 0.1) is 6.92 Å². The molecule has 2 aromatic rings. The topological polar surface area (TPSA) is 25.8 Å². The summed E-state index contributed by atoms with van der Waals surface area (Å²) in [5, 5.41) is 0. The van der Waals surface area contributed by atoms with Crippen molar-refractivity contribution < 1.29 is 0 Å². The zero-order valence-corrected chi connectivity index (χ0v) is 18.3. The van der Waals surface area contributed by atoms with Crippen molar-refractivity contribution in [2.24, 2.45) is 0 Å². The Balaban J connectivity index is 0.00000190. The van der Waals surface area contributed by atoms with E-state index in [-0.39, 0.29) is 0 Å². The lowest BCUT2D eigenvalue weighted by atomic mass is 10.0. The first-order valence-corrected chi connectivity index (χ1v) is 10.2. The maximum absolute atomic E-state index is 4.88. The number of nitrogens with zero attached hydrogens (tertiary/aromatic N) is 2. The van der Waals surface area contributed by atoms with Gasteiger partial charge >= 0.3 is 0 Å². The molecule has 0 saturated heterocycles. The smallest absolute Gasteiger partial charge is 0.156 e. The molecule has 0 atom stereocenters. The zero-order valence-electron chi connectivity index (χ0n) is 18.3. The lowest BCUT2D eigenvalue weighted by molar-refractivity contribution is 0.946. The highest BCUT2D eigenvalue weighted by Gasteiger charge is 2.12. The van der Waals surface area contributed by atoms with Gasteiger partial charge in [-0.3, -0.25) is 0 Å². The second kappa shape index (κ2) is 12.6. The van der Waals surface area contributed by atoms with Crippen LogP contribution in [0.15, 0.2) is 67.3 Å². The molecule has 1 aromatic carbocycles. The van der Waals surface area contributed by atoms with Crippen molar-refractivity contribution in [2.45, 2.75) is 54.4 Å². The number of rotatable bonds is 7. The van der Waals surface area contributed by atoms with Crippen LogP contribution in [0.2, 0.25) is 0 Å². The average molecular weight is 375 g/mol. The number of benzene rings is 1. The maximum atomic E-state index is 4.88. The van der Waals surface area contributed by atoms with Crippen molar-refractivity contribution in [3.8, 4) is 11.3 Å². The second-order valence-corrected chi connectivity index (χ2v) is 6.25. The lowest BCUT2D eigenvalue weighted by Gasteiger charge is -2.11. The Bertz CT molecular complexity index is 854. The molecular formula is C26H34N2. The van der Waals surface area contributed by atoms with E-state index < -0.39 is 0 Å². The quantitative estimate of drug-likeness (QED) is 0.461. The SMILES string of the molecule is C=C/C=C(\C=C/C)c1cc(-c2cccc(C)c2)nc(/C(=C/C)CCC)n1.CC. The molecule has 0 amide bonds. The van der Waals surface area contributed by atoms with Gasteiger partial charge in [-0.2, -0.15) is 0 Å². The van der Waals surface area contributed by atoms with Crippen molar-refractivity contribution in [3.63, 3.8) is 0 Å². The van der Waals surface area contributed by atoms with Crippen LogP contribution in [0.5, 0.6) is 0 Å². The fraction of sp³-hybridized carbons (Fsp3) is 0.308. The van der Waals surface area contributed by atoms with Crippen LogP contribution < -0.4 is 0 Å². The third-order valence-electron chi connectivity index (χ3n) is 4.13. The molecule has 2 nitrogen and oxygen atoms in total. The Morgan fingerprint density at radius 1 is 1.11 bits per heavy atom. The van der Waals surface area contributed by atoms with E-state index in [9.17, 15) is 0 Å². The van der Waals surface area contributed by atoms with Gasteiger partial charge in [0.25, 0.3) is 0 Å². The Kier molecular flexibility index (Phi) is 10.5. The minimum atomic E-state index is 0.808. The number of aryl methyl sites for hydroxylation is 1. The van der Waals surface area contributed by atoms with Gasteiger partial charge in [-0.15, -0.1) is 0 Å². The summed E-state index contributed by atoms with van der Waals surface area (Å²) in [4.78, 5) is 9.74. The highest BCUT2D eigenvalue weighted by molar-refractivity contribution is 5.77. The Morgan fingerprint density at radius 3 is 2.43 bits per heavy atom. The van der Waals surface area contributed by atoms with Crippen molar-refractivity contribution in [3.05, 3.63) is 84.4 Å². The van der Waals surface area contributed by atoms with E-state index in [2.05, 4.69) is 69.8 Å². The molecular weight excluding hydrogens is 340 g/mol. The third-order valence-corrected chi connectivity index (χ3v) is 4.13. The van der Waals surface area contributed by atoms with Crippen LogP contribution >= 0.6 is 0 Å². The number of allylic oxidation sites excluding steroid dienone is 7. The van der Waals surface area contributed by atoms with Gasteiger partial charge in [0.05, 0.1) is 11.4 Å². The normalized spacial score (nSPS) is 11.9. The fourth-order valence-corrected chi connectivity index (χ4v) is 2.88. The maximum Gasteiger partial charge on any atom is 0.156 e. The summed E-state index contributed by atoms with van der Waals surface area (Å²) in [6.07, 6.45) is 12.0. The molecule has 1 heterocycles. The summed E-state index contributed by atoms with van der Waals surface area (Å²) in [5.74, 6) is 0.808. The van der Waals surface area contributed by atoms with Crippen LogP contribution in [0.25, 0.3) is 22.4 Å². The first kappa shape index (κ1) is 23.3. The van der Waals surface area contributed by atoms with Crippen LogP contribution in [0.4, 0.5) is 0 Å². The molecule has 0 saturated carbocycles. The molecule has 1 aromatic heterocycles. The molecule has 0 aliphatic rings. The first-order valence-electron chi connectivity index (χ1n) is 10.2. The molecule has 2 heteroatoms. The summed E-state index contributed by atoms with van der Waals surface area (Å²) in [7, 11) is 0. The number of aromatic nitrogens is 2. The van der Waals surface area contributed by atoms with Gasteiger partial charge < -0.3 is 0 Å². The predicted molar refractivity (Wildman–Crippen MR) is 125 cm³/mol. The van der Waals surface area contributed by atoms with E-state index in [1.807, 2.05) is 32.9 Å². The Labute approximate surface area is 171 Å². The molecule has 0 fully saturated rings. The van der Waals surface area contributed by atoms with E-state index in [0.29, 0.717) is 0 Å². The summed E-state index contributed by atoms with van der Waals surface area (Å²) in [6, 6.07) is 10.5. The third kappa shape index (κ3) is 6.45. The Hall–Kier alpha value is -2.74. The molecule has 0 bridgehead atoms. The zero-order chi connectivity index (χ0) is 20.9. The number of hydrogen-bond acceptors (Lipinski definition) is 2. The minimum absolute atomic E-state index is 0.808. The van der Waals surface area contributed by atoms with Gasteiger partial charge in [-0.05, 0) is 50.5 Å². The van der Waals surface area contributed by atoms with Gasteiger partial charge in [0.2, 0.25) is 0 Å². The number of hydrogen-bond donors (Lipinski definition) is 0. The molecule has 28 heavy (non-hydrogen) atoms. The molecule has 0 radical (unpaired) electrons. The van der Waals surface area contributed by atoms with E-state index in [4.69, 9.17) is 9.97 Å². The molecule has 148 valence electrons.